The summed E-state index contributed by atoms with van der Waals surface area (Å²) in [6.07, 6.45) is 5.74. The highest BCUT2D eigenvalue weighted by molar-refractivity contribution is 8.01. The maximum Gasteiger partial charge on any atom is 0.289 e. The van der Waals surface area contributed by atoms with Gasteiger partial charge in [0.1, 0.15) is 0 Å². The second-order valence-electron chi connectivity index (χ2n) is 6.70. The van der Waals surface area contributed by atoms with E-state index in [9.17, 15) is 4.21 Å². The summed E-state index contributed by atoms with van der Waals surface area (Å²) in [6.45, 7) is 12.2. The number of rotatable bonds is 8. The fraction of sp³-hybridized carbons (Fsp3) is 1.00. The molecular weight excluding hydrogens is 231 g/mol. The minimum absolute atomic E-state index is 0.235. The fourth-order valence-corrected chi connectivity index (χ4v) is 2.31. The van der Waals surface area contributed by atoms with E-state index in [-0.39, 0.29) is 12.3 Å². The lowest BCUT2D eigenvalue weighted by Gasteiger charge is -2.30. The molecule has 4 heteroatoms. The van der Waals surface area contributed by atoms with Crippen LogP contribution in [0, 0.1) is 11.3 Å². The molecule has 0 atom stereocenters. The monoisotopic (exact) mass is 262 g/mol. The van der Waals surface area contributed by atoms with E-state index in [1.165, 1.54) is 0 Å². The SMILES string of the molecule is CB(CCC[SH](C)(C)=O)OCC(C)(C)C(C)C. The molecule has 0 aromatic carbocycles. The van der Waals surface area contributed by atoms with Crippen LogP contribution < -0.4 is 0 Å². The highest BCUT2D eigenvalue weighted by Crippen LogP contribution is 2.26. The van der Waals surface area contributed by atoms with Crippen molar-refractivity contribution < 1.29 is 8.86 Å². The van der Waals surface area contributed by atoms with Crippen LogP contribution in [0.2, 0.25) is 13.1 Å². The standard InChI is InChI=1S/C13H31BO2S/c1-12(2)13(3,4)11-16-14(5)9-8-10-17(6,7)15/h12,17H,8-11H2,1-7H3. The number of hydrogen-bond donors (Lipinski definition) is 1. The van der Waals surface area contributed by atoms with Gasteiger partial charge in [0, 0.05) is 12.4 Å². The third-order valence-electron chi connectivity index (χ3n) is 3.61. The molecule has 0 saturated heterocycles. The van der Waals surface area contributed by atoms with Gasteiger partial charge >= 0.3 is 0 Å². The van der Waals surface area contributed by atoms with Crippen LogP contribution in [0.1, 0.15) is 34.1 Å². The van der Waals surface area contributed by atoms with E-state index < -0.39 is 9.93 Å². The first-order chi connectivity index (χ1) is 7.54. The summed E-state index contributed by atoms with van der Waals surface area (Å²) in [5, 5.41) is 0. The Labute approximate surface area is 109 Å². The van der Waals surface area contributed by atoms with Crippen molar-refractivity contribution in [2.45, 2.75) is 47.3 Å². The van der Waals surface area contributed by atoms with Gasteiger partial charge in [-0.05, 0) is 36.6 Å². The predicted molar refractivity (Wildman–Crippen MR) is 81.9 cm³/mol. The predicted octanol–water partition coefficient (Wildman–Crippen LogP) is 2.97. The van der Waals surface area contributed by atoms with Gasteiger partial charge in [0.15, 0.2) is 0 Å². The Morgan fingerprint density at radius 3 is 2.24 bits per heavy atom. The molecule has 0 fully saturated rings. The van der Waals surface area contributed by atoms with E-state index in [1.54, 1.807) is 0 Å². The highest BCUT2D eigenvalue weighted by Gasteiger charge is 2.24. The van der Waals surface area contributed by atoms with Crippen LogP contribution in [-0.2, 0) is 14.6 Å². The summed E-state index contributed by atoms with van der Waals surface area (Å²) < 4.78 is 17.5. The van der Waals surface area contributed by atoms with Crippen molar-refractivity contribution in [3.8, 4) is 0 Å². The van der Waals surface area contributed by atoms with Crippen LogP contribution in [0.3, 0.4) is 0 Å². The Bertz CT molecular complexity index is 258. The molecule has 0 aromatic heterocycles. The molecule has 0 unspecified atom stereocenters. The summed E-state index contributed by atoms with van der Waals surface area (Å²) >= 11 is 0. The van der Waals surface area contributed by atoms with Crippen molar-refractivity contribution in [3.63, 3.8) is 0 Å². The van der Waals surface area contributed by atoms with E-state index in [4.69, 9.17) is 4.65 Å². The van der Waals surface area contributed by atoms with Gasteiger partial charge in [-0.2, -0.15) is 0 Å². The van der Waals surface area contributed by atoms with Crippen LogP contribution in [0.25, 0.3) is 0 Å². The van der Waals surface area contributed by atoms with Gasteiger partial charge < -0.3 is 4.65 Å². The molecule has 0 N–H and O–H groups in total. The normalized spacial score (nSPS) is 14.1. The van der Waals surface area contributed by atoms with Gasteiger partial charge in [-0.25, -0.2) is 0 Å². The minimum Gasteiger partial charge on any atom is -0.436 e. The van der Waals surface area contributed by atoms with Gasteiger partial charge in [-0.15, -0.1) is 9.93 Å². The molecule has 0 radical (unpaired) electrons. The maximum atomic E-state index is 11.6. The van der Waals surface area contributed by atoms with Crippen molar-refractivity contribution in [2.75, 3.05) is 24.9 Å². The molecule has 17 heavy (non-hydrogen) atoms. The average Bonchev–Trinajstić information content (AvgIpc) is 2.12. The molecule has 0 rings (SSSR count). The first-order valence-corrected chi connectivity index (χ1v) is 9.49. The number of thiol groups is 1. The Hall–Kier alpha value is 0.175. The smallest absolute Gasteiger partial charge is 0.289 e. The third kappa shape index (κ3) is 8.84. The summed E-state index contributed by atoms with van der Waals surface area (Å²) in [4.78, 5) is 0. The van der Waals surface area contributed by atoms with Crippen molar-refractivity contribution in [1.29, 1.82) is 0 Å². The van der Waals surface area contributed by atoms with E-state index >= 15 is 0 Å². The van der Waals surface area contributed by atoms with Crippen LogP contribution in [0.4, 0.5) is 0 Å². The summed E-state index contributed by atoms with van der Waals surface area (Å²) in [5.41, 5.74) is 0.235. The molecule has 0 heterocycles. The van der Waals surface area contributed by atoms with Crippen LogP contribution in [0.15, 0.2) is 0 Å². The Balaban J connectivity index is 3.81. The van der Waals surface area contributed by atoms with E-state index in [0.29, 0.717) is 5.92 Å². The van der Waals surface area contributed by atoms with Gasteiger partial charge in [0.2, 0.25) is 0 Å². The second kappa shape index (κ2) is 6.94. The first kappa shape index (κ1) is 17.2. The summed E-state index contributed by atoms with van der Waals surface area (Å²) in [7, 11) is -1.84. The summed E-state index contributed by atoms with van der Waals surface area (Å²) in [5.74, 6) is 1.47. The van der Waals surface area contributed by atoms with Crippen molar-refractivity contribution in [2.24, 2.45) is 11.3 Å². The molecule has 0 aliphatic carbocycles. The zero-order chi connectivity index (χ0) is 13.7. The highest BCUT2D eigenvalue weighted by atomic mass is 32.2. The van der Waals surface area contributed by atoms with Crippen LogP contribution >= 0.6 is 0 Å². The van der Waals surface area contributed by atoms with Gasteiger partial charge in [-0.1, -0.05) is 34.5 Å². The van der Waals surface area contributed by atoms with Gasteiger partial charge in [0.05, 0.1) is 0 Å². The van der Waals surface area contributed by atoms with Crippen molar-refractivity contribution >= 4 is 16.8 Å². The van der Waals surface area contributed by atoms with E-state index in [1.807, 2.05) is 12.5 Å². The molecule has 0 aliphatic rings. The minimum atomic E-state index is -1.84. The lowest BCUT2D eigenvalue weighted by atomic mass is 9.66. The molecule has 104 valence electrons. The van der Waals surface area contributed by atoms with Crippen LogP contribution in [0.5, 0.6) is 0 Å². The lowest BCUT2D eigenvalue weighted by Crippen LogP contribution is -2.29. The molecular formula is C13H31BO2S. The topological polar surface area (TPSA) is 26.3 Å². The Kier molecular flexibility index (Phi) is 7.01. The molecule has 0 amide bonds. The Morgan fingerprint density at radius 2 is 1.82 bits per heavy atom. The number of hydrogen-bond acceptors (Lipinski definition) is 2. The zero-order valence-electron chi connectivity index (χ0n) is 12.7. The largest absolute Gasteiger partial charge is 0.436 e. The molecule has 2 nitrogen and oxygen atoms in total. The van der Waals surface area contributed by atoms with Crippen LogP contribution in [-0.4, -0.2) is 36.0 Å². The van der Waals surface area contributed by atoms with Crippen molar-refractivity contribution in [3.05, 3.63) is 0 Å². The molecule has 0 bridgehead atoms. The Morgan fingerprint density at radius 1 is 1.29 bits per heavy atom. The second-order valence-corrected chi connectivity index (χ2v) is 10.3. The molecule has 0 aliphatic heterocycles. The lowest BCUT2D eigenvalue weighted by molar-refractivity contribution is 0.129. The van der Waals surface area contributed by atoms with Gasteiger partial charge in [-0.3, -0.25) is 4.21 Å². The van der Waals surface area contributed by atoms with Crippen molar-refractivity contribution in [1.82, 2.24) is 0 Å². The molecule has 0 saturated carbocycles. The molecule has 0 spiro atoms. The zero-order valence-corrected chi connectivity index (χ0v) is 13.6. The average molecular weight is 262 g/mol. The van der Waals surface area contributed by atoms with Gasteiger partial charge in [0.25, 0.3) is 6.92 Å². The first-order valence-electron chi connectivity index (χ1n) is 6.70. The summed E-state index contributed by atoms with van der Waals surface area (Å²) in [6, 6.07) is 0. The fourth-order valence-electron chi connectivity index (χ4n) is 1.37. The maximum absolute atomic E-state index is 11.6. The molecule has 0 aromatic rings. The van der Waals surface area contributed by atoms with E-state index in [0.717, 1.165) is 25.1 Å². The third-order valence-corrected chi connectivity index (χ3v) is 5.00. The quantitative estimate of drug-likeness (QED) is 0.537. The van der Waals surface area contributed by atoms with E-state index in [2.05, 4.69) is 34.5 Å².